The highest BCUT2D eigenvalue weighted by atomic mass is 19.2. The van der Waals surface area contributed by atoms with E-state index in [1.54, 1.807) is 0 Å². The van der Waals surface area contributed by atoms with Crippen molar-refractivity contribution in [2.75, 3.05) is 12.3 Å². The summed E-state index contributed by atoms with van der Waals surface area (Å²) < 4.78 is 26.0. The monoisotopic (exact) mass is 270 g/mol. The van der Waals surface area contributed by atoms with E-state index >= 15 is 0 Å². The standard InChI is InChI=1S/C14H20F2N2O/c1-8(2)14(3,4)7-18-13(19)9-5-10(15)11(16)6-12(9)17/h5-6,8H,7,17H2,1-4H3,(H,18,19). The fourth-order valence-electron chi connectivity index (χ4n) is 1.37. The summed E-state index contributed by atoms with van der Waals surface area (Å²) in [5.41, 5.74) is 5.31. The van der Waals surface area contributed by atoms with Gasteiger partial charge in [-0.25, -0.2) is 8.78 Å². The van der Waals surface area contributed by atoms with Crippen LogP contribution in [0.15, 0.2) is 12.1 Å². The van der Waals surface area contributed by atoms with E-state index in [1.807, 2.05) is 13.8 Å². The summed E-state index contributed by atoms with van der Waals surface area (Å²) >= 11 is 0. The number of hydrogen-bond acceptors (Lipinski definition) is 2. The van der Waals surface area contributed by atoms with Gasteiger partial charge in [-0.15, -0.1) is 0 Å². The number of carbonyl (C=O) groups excluding carboxylic acids is 1. The van der Waals surface area contributed by atoms with Crippen molar-refractivity contribution in [1.82, 2.24) is 5.32 Å². The van der Waals surface area contributed by atoms with Gasteiger partial charge in [-0.05, 0) is 17.4 Å². The molecule has 0 aliphatic carbocycles. The predicted octanol–water partition coefficient (Wildman–Crippen LogP) is 2.96. The molecule has 0 aliphatic rings. The lowest BCUT2D eigenvalue weighted by atomic mass is 9.81. The minimum atomic E-state index is -1.08. The SMILES string of the molecule is CC(C)C(C)(C)CNC(=O)c1cc(F)c(F)cc1N. The molecule has 0 heterocycles. The molecule has 0 aromatic heterocycles. The summed E-state index contributed by atoms with van der Waals surface area (Å²) in [5.74, 6) is -2.26. The number of nitrogens with one attached hydrogen (secondary N) is 1. The number of hydrogen-bond donors (Lipinski definition) is 2. The number of anilines is 1. The Bertz CT molecular complexity index is 485. The molecule has 1 rings (SSSR count). The summed E-state index contributed by atoms with van der Waals surface area (Å²) in [7, 11) is 0. The molecule has 0 spiro atoms. The van der Waals surface area contributed by atoms with Gasteiger partial charge in [0, 0.05) is 18.3 Å². The van der Waals surface area contributed by atoms with E-state index in [0.29, 0.717) is 12.5 Å². The van der Waals surface area contributed by atoms with Crippen LogP contribution in [0.2, 0.25) is 0 Å². The summed E-state index contributed by atoms with van der Waals surface area (Å²) in [6.45, 7) is 8.58. The highest BCUT2D eigenvalue weighted by Gasteiger charge is 2.24. The molecule has 1 amide bonds. The van der Waals surface area contributed by atoms with E-state index in [0.717, 1.165) is 12.1 Å². The van der Waals surface area contributed by atoms with Gasteiger partial charge in [-0.2, -0.15) is 0 Å². The molecule has 106 valence electrons. The summed E-state index contributed by atoms with van der Waals surface area (Å²) in [5, 5.41) is 2.70. The van der Waals surface area contributed by atoms with Gasteiger partial charge in [0.15, 0.2) is 11.6 Å². The average molecular weight is 270 g/mol. The molecule has 3 nitrogen and oxygen atoms in total. The molecule has 1 aromatic carbocycles. The molecule has 0 bridgehead atoms. The zero-order chi connectivity index (χ0) is 14.8. The van der Waals surface area contributed by atoms with Crippen molar-refractivity contribution in [2.24, 2.45) is 11.3 Å². The Kier molecular flexibility index (Phi) is 4.50. The molecule has 1 aromatic rings. The molecule has 0 saturated carbocycles. The molecule has 0 aliphatic heterocycles. The Morgan fingerprint density at radius 2 is 1.84 bits per heavy atom. The third-order valence-electron chi connectivity index (χ3n) is 3.60. The topological polar surface area (TPSA) is 55.1 Å². The smallest absolute Gasteiger partial charge is 0.253 e. The first-order valence-electron chi connectivity index (χ1n) is 6.18. The van der Waals surface area contributed by atoms with Gasteiger partial charge in [-0.1, -0.05) is 27.7 Å². The largest absolute Gasteiger partial charge is 0.398 e. The number of nitrogen functional groups attached to an aromatic ring is 1. The maximum atomic E-state index is 13.1. The quantitative estimate of drug-likeness (QED) is 0.826. The van der Waals surface area contributed by atoms with Gasteiger partial charge >= 0.3 is 0 Å². The minimum Gasteiger partial charge on any atom is -0.398 e. The van der Waals surface area contributed by atoms with Crippen LogP contribution >= 0.6 is 0 Å². The van der Waals surface area contributed by atoms with Gasteiger partial charge < -0.3 is 11.1 Å². The lowest BCUT2D eigenvalue weighted by Gasteiger charge is -2.29. The zero-order valence-electron chi connectivity index (χ0n) is 11.7. The number of amides is 1. The number of nitrogens with two attached hydrogens (primary N) is 1. The van der Waals surface area contributed by atoms with Crippen LogP contribution in [-0.2, 0) is 0 Å². The van der Waals surface area contributed by atoms with Crippen LogP contribution in [0.1, 0.15) is 38.1 Å². The molecule has 5 heteroatoms. The normalized spacial score (nSPS) is 11.7. The van der Waals surface area contributed by atoms with Crippen molar-refractivity contribution in [3.05, 3.63) is 29.3 Å². The number of carbonyl (C=O) groups is 1. The Hall–Kier alpha value is -1.65. The second-order valence-corrected chi connectivity index (χ2v) is 5.68. The summed E-state index contributed by atoms with van der Waals surface area (Å²) in [6.07, 6.45) is 0. The molecular weight excluding hydrogens is 250 g/mol. The third kappa shape index (κ3) is 3.66. The van der Waals surface area contributed by atoms with Gasteiger partial charge in [-0.3, -0.25) is 4.79 Å². The third-order valence-corrected chi connectivity index (χ3v) is 3.60. The van der Waals surface area contributed by atoms with Crippen LogP contribution in [0.25, 0.3) is 0 Å². The minimum absolute atomic E-state index is 0.0431. The lowest BCUT2D eigenvalue weighted by Crippen LogP contribution is -2.37. The Morgan fingerprint density at radius 3 is 2.37 bits per heavy atom. The van der Waals surface area contributed by atoms with E-state index in [1.165, 1.54) is 0 Å². The van der Waals surface area contributed by atoms with E-state index in [4.69, 9.17) is 5.73 Å². The maximum Gasteiger partial charge on any atom is 0.253 e. The van der Waals surface area contributed by atoms with Gasteiger partial charge in [0.1, 0.15) is 0 Å². The fraction of sp³-hybridized carbons (Fsp3) is 0.500. The molecule has 0 radical (unpaired) electrons. The lowest BCUT2D eigenvalue weighted by molar-refractivity contribution is 0.0925. The van der Waals surface area contributed by atoms with Crippen molar-refractivity contribution in [1.29, 1.82) is 0 Å². The molecule has 0 atom stereocenters. The van der Waals surface area contributed by atoms with E-state index in [-0.39, 0.29) is 16.7 Å². The van der Waals surface area contributed by atoms with Crippen molar-refractivity contribution in [3.63, 3.8) is 0 Å². The molecule has 0 unspecified atom stereocenters. The zero-order valence-corrected chi connectivity index (χ0v) is 11.7. The Balaban J connectivity index is 2.83. The fourth-order valence-corrected chi connectivity index (χ4v) is 1.37. The highest BCUT2D eigenvalue weighted by Crippen LogP contribution is 2.25. The summed E-state index contributed by atoms with van der Waals surface area (Å²) in [4.78, 5) is 11.9. The van der Waals surface area contributed by atoms with Crippen LogP contribution < -0.4 is 11.1 Å². The molecule has 19 heavy (non-hydrogen) atoms. The van der Waals surface area contributed by atoms with E-state index in [2.05, 4.69) is 19.2 Å². The Labute approximate surface area is 112 Å². The number of halogens is 2. The van der Waals surface area contributed by atoms with Crippen molar-refractivity contribution in [2.45, 2.75) is 27.7 Å². The van der Waals surface area contributed by atoms with Crippen LogP contribution in [0.5, 0.6) is 0 Å². The second-order valence-electron chi connectivity index (χ2n) is 5.68. The Morgan fingerprint density at radius 1 is 1.32 bits per heavy atom. The van der Waals surface area contributed by atoms with E-state index in [9.17, 15) is 13.6 Å². The number of rotatable bonds is 4. The van der Waals surface area contributed by atoms with Crippen molar-refractivity contribution in [3.8, 4) is 0 Å². The summed E-state index contributed by atoms with van der Waals surface area (Å²) in [6, 6.07) is 1.64. The van der Waals surface area contributed by atoms with Crippen LogP contribution in [0.4, 0.5) is 14.5 Å². The van der Waals surface area contributed by atoms with Gasteiger partial charge in [0.2, 0.25) is 0 Å². The molecule has 0 saturated heterocycles. The van der Waals surface area contributed by atoms with Crippen molar-refractivity contribution >= 4 is 11.6 Å². The predicted molar refractivity (Wildman–Crippen MR) is 71.7 cm³/mol. The first kappa shape index (κ1) is 15.4. The maximum absolute atomic E-state index is 13.1. The average Bonchev–Trinajstić information content (AvgIpc) is 2.30. The van der Waals surface area contributed by atoms with Crippen molar-refractivity contribution < 1.29 is 13.6 Å². The second kappa shape index (κ2) is 5.55. The number of benzene rings is 1. The van der Waals surface area contributed by atoms with Gasteiger partial charge in [0.05, 0.1) is 5.56 Å². The van der Waals surface area contributed by atoms with E-state index < -0.39 is 17.5 Å². The van der Waals surface area contributed by atoms with Crippen LogP contribution in [0.3, 0.4) is 0 Å². The highest BCUT2D eigenvalue weighted by molar-refractivity contribution is 5.99. The van der Waals surface area contributed by atoms with Crippen LogP contribution in [-0.4, -0.2) is 12.5 Å². The molecular formula is C14H20F2N2O. The first-order chi connectivity index (χ1) is 8.65. The molecule has 3 N–H and O–H groups in total. The molecule has 0 fully saturated rings. The first-order valence-corrected chi connectivity index (χ1v) is 6.18. The van der Waals surface area contributed by atoms with Crippen LogP contribution in [0, 0.1) is 23.0 Å². The van der Waals surface area contributed by atoms with Gasteiger partial charge in [0.25, 0.3) is 5.91 Å².